The minimum absolute atomic E-state index is 0.0225. The molecule has 5 rings (SSSR count). The lowest BCUT2D eigenvalue weighted by molar-refractivity contribution is 0.339. The van der Waals surface area contributed by atoms with Crippen molar-refractivity contribution in [1.29, 1.82) is 0 Å². The smallest absolute Gasteiger partial charge is 0.200 e. The number of H-pyrrole nitrogens is 1. The Morgan fingerprint density at radius 1 is 1.04 bits per heavy atom. The molecule has 1 atom stereocenters. The second-order valence-electron chi connectivity index (χ2n) is 6.59. The highest BCUT2D eigenvalue weighted by atomic mass is 16.5. The predicted octanol–water partition coefficient (Wildman–Crippen LogP) is 3.86. The van der Waals surface area contributed by atoms with E-state index in [2.05, 4.69) is 20.3 Å². The van der Waals surface area contributed by atoms with Crippen molar-refractivity contribution < 1.29 is 14.6 Å². The number of nitrogens with one attached hydrogen (secondary N) is 2. The van der Waals surface area contributed by atoms with Crippen molar-refractivity contribution in [2.45, 2.75) is 6.04 Å². The predicted molar refractivity (Wildman–Crippen MR) is 106 cm³/mol. The van der Waals surface area contributed by atoms with Gasteiger partial charge < -0.3 is 24.9 Å². The number of aromatic nitrogens is 3. The van der Waals surface area contributed by atoms with Crippen molar-refractivity contribution in [3.63, 3.8) is 0 Å². The topological polar surface area (TPSA) is 92.3 Å². The zero-order chi connectivity index (χ0) is 19.3. The second kappa shape index (κ2) is 6.16. The van der Waals surface area contributed by atoms with Gasteiger partial charge in [-0.3, -0.25) is 0 Å². The number of hydrogen-bond acceptors (Lipinski definition) is 6. The van der Waals surface area contributed by atoms with E-state index in [1.54, 1.807) is 6.33 Å². The molecule has 1 unspecified atom stereocenters. The lowest BCUT2D eigenvalue weighted by Gasteiger charge is -2.21. The fourth-order valence-corrected chi connectivity index (χ4v) is 3.81. The first-order valence-corrected chi connectivity index (χ1v) is 8.84. The van der Waals surface area contributed by atoms with Gasteiger partial charge in [-0.1, -0.05) is 18.2 Å². The summed E-state index contributed by atoms with van der Waals surface area (Å²) >= 11 is 0. The standard InChI is InChI=1S/C21H18N4O3/c1-27-15-7-11(8-16(28-2)20(15)26)18-13-9-22-21-17(13)19(23-10-24-21)12-5-3-4-6-14(12)25-18/h3-10,18,25-26H,1-2H3,(H,22,23,24). The Morgan fingerprint density at radius 3 is 2.54 bits per heavy atom. The van der Waals surface area contributed by atoms with Crippen LogP contribution in [0.5, 0.6) is 17.2 Å². The summed E-state index contributed by atoms with van der Waals surface area (Å²) in [5, 5.41) is 14.9. The van der Waals surface area contributed by atoms with E-state index in [-0.39, 0.29) is 11.8 Å². The quantitative estimate of drug-likeness (QED) is 0.504. The molecule has 7 nitrogen and oxygen atoms in total. The van der Waals surface area contributed by atoms with Gasteiger partial charge in [0.15, 0.2) is 11.5 Å². The molecule has 0 saturated heterocycles. The Balaban J connectivity index is 1.80. The van der Waals surface area contributed by atoms with Gasteiger partial charge in [-0.15, -0.1) is 0 Å². The van der Waals surface area contributed by atoms with Crippen molar-refractivity contribution in [2.75, 3.05) is 19.5 Å². The third-order valence-electron chi connectivity index (χ3n) is 5.13. The Hall–Kier alpha value is -3.74. The summed E-state index contributed by atoms with van der Waals surface area (Å²) in [6, 6.07) is 11.5. The number of aromatic hydroxyl groups is 1. The lowest BCUT2D eigenvalue weighted by atomic mass is 9.98. The molecule has 0 aliphatic carbocycles. The molecule has 0 radical (unpaired) electrons. The number of anilines is 1. The number of benzene rings is 2. The number of ether oxygens (including phenoxy) is 2. The van der Waals surface area contributed by atoms with Crippen LogP contribution in [0.3, 0.4) is 0 Å². The number of rotatable bonds is 3. The van der Waals surface area contributed by atoms with Crippen LogP contribution < -0.4 is 14.8 Å². The number of phenolic OH excluding ortho intramolecular Hbond substituents is 1. The van der Waals surface area contributed by atoms with E-state index < -0.39 is 0 Å². The van der Waals surface area contributed by atoms with Crippen LogP contribution in [0.4, 0.5) is 5.69 Å². The van der Waals surface area contributed by atoms with Crippen LogP contribution in [0.25, 0.3) is 22.3 Å². The molecule has 0 amide bonds. The molecule has 0 bridgehead atoms. The van der Waals surface area contributed by atoms with Crippen LogP contribution in [0.15, 0.2) is 48.9 Å². The van der Waals surface area contributed by atoms with Gasteiger partial charge in [0.05, 0.1) is 31.3 Å². The first-order chi connectivity index (χ1) is 13.7. The monoisotopic (exact) mass is 374 g/mol. The van der Waals surface area contributed by atoms with E-state index in [9.17, 15) is 5.11 Å². The normalized spacial score (nSPS) is 14.9. The van der Waals surface area contributed by atoms with Gasteiger partial charge in [0.1, 0.15) is 12.0 Å². The number of methoxy groups -OCH3 is 2. The van der Waals surface area contributed by atoms with E-state index in [0.29, 0.717) is 11.5 Å². The molecular formula is C21H18N4O3. The lowest BCUT2D eigenvalue weighted by Crippen LogP contribution is -2.11. The van der Waals surface area contributed by atoms with Crippen molar-refractivity contribution in [2.24, 2.45) is 0 Å². The molecule has 7 heteroatoms. The van der Waals surface area contributed by atoms with E-state index in [4.69, 9.17) is 9.47 Å². The Labute approximate surface area is 161 Å². The van der Waals surface area contributed by atoms with Crippen LogP contribution in [-0.4, -0.2) is 34.3 Å². The third-order valence-corrected chi connectivity index (χ3v) is 5.13. The molecular weight excluding hydrogens is 356 g/mol. The summed E-state index contributed by atoms with van der Waals surface area (Å²) < 4.78 is 10.7. The highest BCUT2D eigenvalue weighted by Gasteiger charge is 2.28. The Morgan fingerprint density at radius 2 is 1.79 bits per heavy atom. The zero-order valence-electron chi connectivity index (χ0n) is 15.4. The number of aromatic amines is 1. The SMILES string of the molecule is COc1cc(C2Nc3ccccc3-c3ncnc4[nH]cc2c34)cc(OC)c1O. The van der Waals surface area contributed by atoms with Crippen molar-refractivity contribution in [3.8, 4) is 28.5 Å². The van der Waals surface area contributed by atoms with Crippen LogP contribution in [0.2, 0.25) is 0 Å². The summed E-state index contributed by atoms with van der Waals surface area (Å²) in [6.07, 6.45) is 3.51. The average Bonchev–Trinajstić information content (AvgIpc) is 3.10. The molecule has 1 aliphatic heterocycles. The molecule has 2 aromatic carbocycles. The molecule has 2 aromatic heterocycles. The minimum atomic E-state index is -0.217. The van der Waals surface area contributed by atoms with Gasteiger partial charge in [0.2, 0.25) is 5.75 Å². The zero-order valence-corrected chi connectivity index (χ0v) is 15.4. The Bertz CT molecular complexity index is 1180. The van der Waals surface area contributed by atoms with Crippen molar-refractivity contribution in [3.05, 3.63) is 60.0 Å². The fraction of sp³-hybridized carbons (Fsp3) is 0.143. The summed E-state index contributed by atoms with van der Waals surface area (Å²) in [5.74, 6) is 0.681. The molecule has 1 aliphatic rings. The third kappa shape index (κ3) is 2.29. The van der Waals surface area contributed by atoms with E-state index >= 15 is 0 Å². The summed E-state index contributed by atoms with van der Waals surface area (Å²) in [4.78, 5) is 12.2. The Kier molecular flexibility index (Phi) is 3.61. The van der Waals surface area contributed by atoms with Crippen LogP contribution >= 0.6 is 0 Å². The highest BCUT2D eigenvalue weighted by Crippen LogP contribution is 2.45. The van der Waals surface area contributed by atoms with Gasteiger partial charge >= 0.3 is 0 Å². The molecule has 3 N–H and O–H groups in total. The van der Waals surface area contributed by atoms with E-state index in [1.807, 2.05) is 42.6 Å². The van der Waals surface area contributed by atoms with Crippen molar-refractivity contribution in [1.82, 2.24) is 15.0 Å². The van der Waals surface area contributed by atoms with Gasteiger partial charge in [-0.2, -0.15) is 0 Å². The van der Waals surface area contributed by atoms with E-state index in [1.165, 1.54) is 14.2 Å². The summed E-state index contributed by atoms with van der Waals surface area (Å²) in [6.45, 7) is 0. The molecule has 0 spiro atoms. The number of hydrogen-bond donors (Lipinski definition) is 3. The molecule has 0 fully saturated rings. The molecule has 140 valence electrons. The average molecular weight is 374 g/mol. The highest BCUT2D eigenvalue weighted by molar-refractivity contribution is 5.99. The first-order valence-electron chi connectivity index (χ1n) is 8.84. The largest absolute Gasteiger partial charge is 0.502 e. The van der Waals surface area contributed by atoms with Gasteiger partial charge in [-0.25, -0.2) is 9.97 Å². The number of nitrogens with zero attached hydrogens (tertiary/aromatic N) is 2. The maximum absolute atomic E-state index is 10.3. The fourth-order valence-electron chi connectivity index (χ4n) is 3.81. The maximum Gasteiger partial charge on any atom is 0.200 e. The maximum atomic E-state index is 10.3. The summed E-state index contributed by atoms with van der Waals surface area (Å²) in [5.41, 5.74) is 5.53. The molecule has 0 saturated carbocycles. The van der Waals surface area contributed by atoms with Crippen LogP contribution in [0.1, 0.15) is 17.2 Å². The molecule has 28 heavy (non-hydrogen) atoms. The molecule has 3 heterocycles. The first kappa shape index (κ1) is 16.4. The minimum Gasteiger partial charge on any atom is -0.502 e. The van der Waals surface area contributed by atoms with Gasteiger partial charge in [-0.05, 0) is 23.8 Å². The molecule has 4 aromatic rings. The number of para-hydroxylation sites is 1. The van der Waals surface area contributed by atoms with Crippen molar-refractivity contribution >= 4 is 16.7 Å². The number of phenols is 1. The van der Waals surface area contributed by atoms with Gasteiger partial charge in [0, 0.05) is 23.0 Å². The van der Waals surface area contributed by atoms with Crippen LogP contribution in [-0.2, 0) is 0 Å². The number of fused-ring (bicyclic) bond motifs is 2. The summed E-state index contributed by atoms with van der Waals surface area (Å²) in [7, 11) is 3.04. The van der Waals surface area contributed by atoms with Crippen LogP contribution in [0, 0.1) is 0 Å². The van der Waals surface area contributed by atoms with Gasteiger partial charge in [0.25, 0.3) is 0 Å². The van der Waals surface area contributed by atoms with E-state index in [0.717, 1.165) is 39.1 Å². The second-order valence-corrected chi connectivity index (χ2v) is 6.59.